The Balaban J connectivity index is 1.79. The fourth-order valence-electron chi connectivity index (χ4n) is 3.37. The molecule has 0 fully saturated rings. The van der Waals surface area contributed by atoms with Gasteiger partial charge < -0.3 is 38.5 Å². The van der Waals surface area contributed by atoms with E-state index in [1.54, 1.807) is 12.1 Å². The molecule has 0 saturated carbocycles. The van der Waals surface area contributed by atoms with E-state index in [1.165, 1.54) is 0 Å². The van der Waals surface area contributed by atoms with Crippen LogP contribution in [0.15, 0.2) is 24.3 Å². The van der Waals surface area contributed by atoms with Gasteiger partial charge in [0.2, 0.25) is 0 Å². The first-order valence-electron chi connectivity index (χ1n) is 14.7. The van der Waals surface area contributed by atoms with Crippen molar-refractivity contribution in [3.8, 4) is 0 Å². The van der Waals surface area contributed by atoms with Crippen LogP contribution in [0.2, 0.25) is 0 Å². The third-order valence-electron chi connectivity index (χ3n) is 5.65. The van der Waals surface area contributed by atoms with Gasteiger partial charge in [-0.3, -0.25) is 4.79 Å². The van der Waals surface area contributed by atoms with Crippen LogP contribution in [0.4, 0.5) is 5.69 Å². The Labute approximate surface area is 240 Å². The van der Waals surface area contributed by atoms with Crippen LogP contribution in [-0.4, -0.2) is 97.8 Å². The van der Waals surface area contributed by atoms with E-state index in [9.17, 15) is 9.59 Å². The zero-order chi connectivity index (χ0) is 28.9. The summed E-state index contributed by atoms with van der Waals surface area (Å²) < 4.78 is 37.5. The summed E-state index contributed by atoms with van der Waals surface area (Å²) in [6, 6.07) is 7.28. The number of nitrogens with one attached hydrogen (secondary N) is 1. The first kappa shape index (κ1) is 35.8. The normalized spacial score (nSPS) is 10.9. The van der Waals surface area contributed by atoms with Gasteiger partial charge in [0.25, 0.3) is 0 Å². The molecule has 0 radical (unpaired) electrons. The Morgan fingerprint density at radius 1 is 0.575 bits per heavy atom. The van der Waals surface area contributed by atoms with Crippen LogP contribution in [0, 0.1) is 0 Å². The zero-order valence-electron chi connectivity index (χ0n) is 24.6. The van der Waals surface area contributed by atoms with Crippen LogP contribution < -0.4 is 5.32 Å². The maximum absolute atomic E-state index is 12.1. The highest BCUT2D eigenvalue weighted by Crippen LogP contribution is 2.11. The van der Waals surface area contributed by atoms with E-state index in [-0.39, 0.29) is 25.2 Å². The van der Waals surface area contributed by atoms with Gasteiger partial charge in [0.05, 0.1) is 71.6 Å². The molecule has 1 aromatic carbocycles. The molecular weight excluding hydrogens is 518 g/mol. The maximum atomic E-state index is 12.1. The topological polar surface area (TPSA) is 111 Å². The fourth-order valence-corrected chi connectivity index (χ4v) is 3.37. The highest BCUT2D eigenvalue weighted by molar-refractivity contribution is 5.89. The second-order valence-electron chi connectivity index (χ2n) is 9.09. The minimum Gasteiger partial charge on any atom is -0.463 e. The summed E-state index contributed by atoms with van der Waals surface area (Å²) in [6.45, 7) is 9.99. The Morgan fingerprint density at radius 3 is 1.55 bits per heavy atom. The zero-order valence-corrected chi connectivity index (χ0v) is 24.6. The van der Waals surface area contributed by atoms with Gasteiger partial charge in [0, 0.05) is 18.7 Å². The lowest BCUT2D eigenvalue weighted by Gasteiger charge is -2.09. The molecule has 0 aromatic heterocycles. The molecule has 0 unspecified atom stereocenters. The van der Waals surface area contributed by atoms with Crippen molar-refractivity contribution in [3.63, 3.8) is 0 Å². The summed E-state index contributed by atoms with van der Waals surface area (Å²) in [5, 5.41) is 3.31. The average molecular weight is 570 g/mol. The molecule has 10 nitrogen and oxygen atoms in total. The number of hydrogen-bond acceptors (Lipinski definition) is 10. The maximum Gasteiger partial charge on any atom is 0.338 e. The van der Waals surface area contributed by atoms with Crippen LogP contribution >= 0.6 is 0 Å². The fraction of sp³-hybridized carbons (Fsp3) is 0.733. The van der Waals surface area contributed by atoms with Gasteiger partial charge in [0.15, 0.2) is 0 Å². The summed E-state index contributed by atoms with van der Waals surface area (Å²) in [6.07, 6.45) is 6.99. The van der Waals surface area contributed by atoms with Crippen molar-refractivity contribution in [1.29, 1.82) is 0 Å². The molecule has 0 aliphatic rings. The summed E-state index contributed by atoms with van der Waals surface area (Å²) >= 11 is 0. The van der Waals surface area contributed by atoms with Crippen molar-refractivity contribution in [2.24, 2.45) is 0 Å². The average Bonchev–Trinajstić information content (AvgIpc) is 2.97. The summed E-state index contributed by atoms with van der Waals surface area (Å²) in [5.74, 6) is -0.518. The van der Waals surface area contributed by atoms with E-state index in [1.807, 2.05) is 12.1 Å². The van der Waals surface area contributed by atoms with Gasteiger partial charge in [-0.15, -0.1) is 0 Å². The first-order chi connectivity index (χ1) is 19.7. The van der Waals surface area contributed by atoms with Crippen LogP contribution in [0.3, 0.4) is 0 Å². The second kappa shape index (κ2) is 27.0. The summed E-state index contributed by atoms with van der Waals surface area (Å²) in [5.41, 5.74) is 1.51. The molecule has 1 rings (SSSR count). The van der Waals surface area contributed by atoms with Crippen LogP contribution in [0.5, 0.6) is 0 Å². The molecule has 0 aliphatic carbocycles. The van der Waals surface area contributed by atoms with Crippen LogP contribution in [0.25, 0.3) is 0 Å². The molecular formula is C30H51NO9. The molecule has 0 heterocycles. The molecule has 1 aromatic rings. The highest BCUT2D eigenvalue weighted by atomic mass is 16.6. The van der Waals surface area contributed by atoms with E-state index in [0.29, 0.717) is 78.1 Å². The summed E-state index contributed by atoms with van der Waals surface area (Å²) in [4.78, 5) is 23.6. The minimum atomic E-state index is -0.361. The number of unbranched alkanes of at least 4 members (excludes halogenated alkanes) is 4. The van der Waals surface area contributed by atoms with Gasteiger partial charge in [-0.25, -0.2) is 4.79 Å². The monoisotopic (exact) mass is 569 g/mol. The Hall–Kier alpha value is -2.24. The molecule has 0 spiro atoms. The Morgan fingerprint density at radius 2 is 1.05 bits per heavy atom. The Kier molecular flexibility index (Phi) is 24.1. The van der Waals surface area contributed by atoms with Gasteiger partial charge in [-0.05, 0) is 37.1 Å². The molecule has 230 valence electrons. The lowest BCUT2D eigenvalue weighted by Crippen LogP contribution is -2.15. The van der Waals surface area contributed by atoms with Crippen molar-refractivity contribution in [1.82, 2.24) is 0 Å². The minimum absolute atomic E-state index is 0.157. The van der Waals surface area contributed by atoms with Gasteiger partial charge in [-0.2, -0.15) is 0 Å². The van der Waals surface area contributed by atoms with Crippen molar-refractivity contribution in [2.75, 3.05) is 91.1 Å². The lowest BCUT2D eigenvalue weighted by molar-refractivity contribution is -0.145. The standard InChI is InChI=1S/C30H51NO9/c1-3-5-7-8-9-29(32)39-25-23-37-21-19-35-17-15-34-16-18-36-20-22-38-24-26-40-30(33)27-10-12-28(13-11-27)31-14-6-4-2/h10-13,31H,3-9,14-26H2,1-2H3. The molecule has 1 N–H and O–H groups in total. The number of anilines is 1. The molecule has 0 amide bonds. The SMILES string of the molecule is CCCCCCC(=O)OCCOCCOCCOCCOCCOCCOC(=O)c1ccc(NCCCC)cc1. The molecule has 0 saturated heterocycles. The number of ether oxygens (including phenoxy) is 7. The van der Waals surface area contributed by atoms with E-state index >= 15 is 0 Å². The van der Waals surface area contributed by atoms with E-state index in [0.717, 1.165) is 50.8 Å². The predicted octanol–water partition coefficient (Wildman–Crippen LogP) is 4.65. The number of rotatable bonds is 28. The van der Waals surface area contributed by atoms with Gasteiger partial charge in [0.1, 0.15) is 13.2 Å². The first-order valence-corrected chi connectivity index (χ1v) is 14.7. The van der Waals surface area contributed by atoms with E-state index in [4.69, 9.17) is 33.2 Å². The Bertz CT molecular complexity index is 730. The van der Waals surface area contributed by atoms with Crippen molar-refractivity contribution < 1.29 is 42.7 Å². The molecule has 0 atom stereocenters. The van der Waals surface area contributed by atoms with Gasteiger partial charge in [-0.1, -0.05) is 39.5 Å². The predicted molar refractivity (Wildman–Crippen MR) is 154 cm³/mol. The van der Waals surface area contributed by atoms with Crippen LogP contribution in [-0.2, 0) is 38.0 Å². The smallest absolute Gasteiger partial charge is 0.338 e. The van der Waals surface area contributed by atoms with Crippen molar-refractivity contribution in [2.45, 2.75) is 58.8 Å². The number of benzene rings is 1. The molecule has 10 heteroatoms. The second-order valence-corrected chi connectivity index (χ2v) is 9.09. The highest BCUT2D eigenvalue weighted by Gasteiger charge is 2.07. The lowest BCUT2D eigenvalue weighted by atomic mass is 10.2. The number of carbonyl (C=O) groups excluding carboxylic acids is 2. The van der Waals surface area contributed by atoms with Crippen LogP contribution in [0.1, 0.15) is 69.2 Å². The quantitative estimate of drug-likeness (QED) is 0.113. The summed E-state index contributed by atoms with van der Waals surface area (Å²) in [7, 11) is 0. The molecule has 0 bridgehead atoms. The van der Waals surface area contributed by atoms with Gasteiger partial charge >= 0.3 is 11.9 Å². The number of hydrogen-bond donors (Lipinski definition) is 1. The molecule has 40 heavy (non-hydrogen) atoms. The molecule has 0 aliphatic heterocycles. The van der Waals surface area contributed by atoms with E-state index < -0.39 is 0 Å². The third kappa shape index (κ3) is 21.6. The van der Waals surface area contributed by atoms with Crippen molar-refractivity contribution in [3.05, 3.63) is 29.8 Å². The largest absolute Gasteiger partial charge is 0.463 e. The number of esters is 2. The van der Waals surface area contributed by atoms with Crippen molar-refractivity contribution >= 4 is 17.6 Å². The third-order valence-corrected chi connectivity index (χ3v) is 5.65. The number of carbonyl (C=O) groups is 2. The van der Waals surface area contributed by atoms with E-state index in [2.05, 4.69) is 19.2 Å².